The average molecular weight is 155 g/mol. The number of nitrogens with zero attached hydrogens (tertiary/aromatic N) is 1. The number of carboxylic acid groups (broad SMARTS) is 1. The Morgan fingerprint density at radius 2 is 2.36 bits per heavy atom. The molecule has 0 radical (unpaired) electrons. The minimum atomic E-state index is -1.17. The van der Waals surface area contributed by atoms with Gasteiger partial charge in [0.05, 0.1) is 0 Å². The average Bonchev–Trinajstić information content (AvgIpc) is 2.35. The summed E-state index contributed by atoms with van der Waals surface area (Å²) in [5, 5.41) is 8.20. The van der Waals surface area contributed by atoms with Crippen molar-refractivity contribution in [3.63, 3.8) is 0 Å². The number of oxazole rings is 1. The van der Waals surface area contributed by atoms with Crippen molar-refractivity contribution >= 4 is 11.8 Å². The first kappa shape index (κ1) is 7.46. The van der Waals surface area contributed by atoms with E-state index >= 15 is 0 Å². The van der Waals surface area contributed by atoms with E-state index in [1.807, 2.05) is 0 Å². The van der Waals surface area contributed by atoms with Crippen LogP contribution in [-0.2, 0) is 4.79 Å². The number of hydrogen-bond acceptors (Lipinski definition) is 4. The van der Waals surface area contributed by atoms with Gasteiger partial charge in [0.1, 0.15) is 18.4 Å². The number of Topliss-reactive ketones (excluding diaryl/α,β-unsaturated/α-hetero) is 1. The maximum Gasteiger partial charge on any atom is 0.311 e. The van der Waals surface area contributed by atoms with Crippen molar-refractivity contribution < 1.29 is 19.1 Å². The van der Waals surface area contributed by atoms with E-state index in [4.69, 9.17) is 5.11 Å². The van der Waals surface area contributed by atoms with Gasteiger partial charge in [-0.3, -0.25) is 9.59 Å². The van der Waals surface area contributed by atoms with E-state index in [-0.39, 0.29) is 5.69 Å². The monoisotopic (exact) mass is 155 g/mol. The van der Waals surface area contributed by atoms with Crippen molar-refractivity contribution in [2.75, 3.05) is 0 Å². The van der Waals surface area contributed by atoms with Gasteiger partial charge >= 0.3 is 5.97 Å². The number of carbonyl (C=O) groups excluding carboxylic acids is 1. The fraction of sp³-hybridized carbons (Fsp3) is 0.167. The highest BCUT2D eigenvalue weighted by molar-refractivity contribution is 6.03. The van der Waals surface area contributed by atoms with Crippen LogP contribution in [0.25, 0.3) is 0 Å². The van der Waals surface area contributed by atoms with Gasteiger partial charge in [0.15, 0.2) is 12.2 Å². The molecule has 5 heteroatoms. The Balaban J connectivity index is 2.64. The standard InChI is InChI=1S/C6H5NO4/c8-5(1-6(9)10)4-2-11-3-7-4/h2-3H,1H2,(H,9,10). The highest BCUT2D eigenvalue weighted by atomic mass is 16.4. The Bertz CT molecular complexity index is 264. The molecule has 0 aliphatic rings. The smallest absolute Gasteiger partial charge is 0.311 e. The Morgan fingerprint density at radius 1 is 1.64 bits per heavy atom. The van der Waals surface area contributed by atoms with Gasteiger partial charge in [-0.2, -0.15) is 0 Å². The quantitative estimate of drug-likeness (QED) is 0.502. The molecule has 11 heavy (non-hydrogen) atoms. The van der Waals surface area contributed by atoms with E-state index in [1.165, 1.54) is 0 Å². The van der Waals surface area contributed by atoms with Crippen LogP contribution in [0.5, 0.6) is 0 Å². The molecule has 0 amide bonds. The Hall–Kier alpha value is -1.65. The number of carboxylic acids is 1. The molecule has 0 aromatic carbocycles. The molecular formula is C6H5NO4. The van der Waals surface area contributed by atoms with Crippen LogP contribution in [0.1, 0.15) is 16.9 Å². The molecule has 1 N–H and O–H groups in total. The molecule has 0 aliphatic carbocycles. The van der Waals surface area contributed by atoms with E-state index in [0.717, 1.165) is 12.7 Å². The highest BCUT2D eigenvalue weighted by Crippen LogP contribution is 1.98. The van der Waals surface area contributed by atoms with Gasteiger partial charge in [-0.15, -0.1) is 0 Å². The topological polar surface area (TPSA) is 80.4 Å². The van der Waals surface area contributed by atoms with Crippen LogP contribution in [-0.4, -0.2) is 21.8 Å². The van der Waals surface area contributed by atoms with E-state index < -0.39 is 18.2 Å². The van der Waals surface area contributed by atoms with Crippen LogP contribution in [0.4, 0.5) is 0 Å². The SMILES string of the molecule is O=C(O)CC(=O)c1cocn1. The van der Waals surface area contributed by atoms with Gasteiger partial charge in [-0.25, -0.2) is 4.98 Å². The summed E-state index contributed by atoms with van der Waals surface area (Å²) in [5.41, 5.74) is 0.0485. The number of rotatable bonds is 3. The van der Waals surface area contributed by atoms with Crippen LogP contribution in [0.15, 0.2) is 17.1 Å². The van der Waals surface area contributed by atoms with Crippen LogP contribution < -0.4 is 0 Å². The van der Waals surface area contributed by atoms with Crippen LogP contribution in [0.3, 0.4) is 0 Å². The molecule has 0 saturated heterocycles. The summed E-state index contributed by atoms with van der Waals surface area (Å²) >= 11 is 0. The second kappa shape index (κ2) is 2.96. The number of hydrogen-bond donors (Lipinski definition) is 1. The minimum absolute atomic E-state index is 0.0485. The molecule has 1 heterocycles. The van der Waals surface area contributed by atoms with Crippen LogP contribution >= 0.6 is 0 Å². The largest absolute Gasteiger partial charge is 0.481 e. The van der Waals surface area contributed by atoms with Crippen molar-refractivity contribution in [2.45, 2.75) is 6.42 Å². The summed E-state index contributed by atoms with van der Waals surface area (Å²) in [5.74, 6) is -1.72. The third-order valence-electron chi connectivity index (χ3n) is 1.03. The fourth-order valence-electron chi connectivity index (χ4n) is 0.578. The van der Waals surface area contributed by atoms with Crippen molar-refractivity contribution in [1.29, 1.82) is 0 Å². The number of aromatic nitrogens is 1. The lowest BCUT2D eigenvalue weighted by atomic mass is 10.2. The molecule has 1 aromatic rings. The molecule has 0 aliphatic heterocycles. The zero-order valence-electron chi connectivity index (χ0n) is 5.48. The van der Waals surface area contributed by atoms with Crippen molar-refractivity contribution in [3.05, 3.63) is 18.4 Å². The van der Waals surface area contributed by atoms with E-state index in [2.05, 4.69) is 9.40 Å². The predicted molar refractivity (Wildman–Crippen MR) is 33.1 cm³/mol. The molecular weight excluding hydrogens is 150 g/mol. The Labute approximate surface area is 61.7 Å². The second-order valence-corrected chi connectivity index (χ2v) is 1.87. The lowest BCUT2D eigenvalue weighted by Crippen LogP contribution is -2.06. The Morgan fingerprint density at radius 3 is 2.82 bits per heavy atom. The van der Waals surface area contributed by atoms with Crippen molar-refractivity contribution in [1.82, 2.24) is 4.98 Å². The normalized spacial score (nSPS) is 9.45. The molecule has 0 atom stereocenters. The maximum atomic E-state index is 10.8. The second-order valence-electron chi connectivity index (χ2n) is 1.87. The van der Waals surface area contributed by atoms with Crippen LogP contribution in [0.2, 0.25) is 0 Å². The summed E-state index contributed by atoms with van der Waals surface area (Å²) < 4.78 is 4.49. The minimum Gasteiger partial charge on any atom is -0.481 e. The van der Waals surface area contributed by atoms with Crippen molar-refractivity contribution in [3.8, 4) is 0 Å². The van der Waals surface area contributed by atoms with Gasteiger partial charge in [0, 0.05) is 0 Å². The van der Waals surface area contributed by atoms with Gasteiger partial charge in [0.2, 0.25) is 0 Å². The zero-order chi connectivity index (χ0) is 8.27. The molecule has 0 spiro atoms. The summed E-state index contributed by atoms with van der Waals surface area (Å²) in [6, 6.07) is 0. The van der Waals surface area contributed by atoms with E-state index in [0.29, 0.717) is 0 Å². The van der Waals surface area contributed by atoms with Gasteiger partial charge in [-0.05, 0) is 0 Å². The molecule has 0 unspecified atom stereocenters. The third kappa shape index (κ3) is 1.89. The Kier molecular flexibility index (Phi) is 2.00. The van der Waals surface area contributed by atoms with E-state index in [9.17, 15) is 9.59 Å². The van der Waals surface area contributed by atoms with E-state index in [1.54, 1.807) is 0 Å². The first-order chi connectivity index (χ1) is 5.20. The van der Waals surface area contributed by atoms with Crippen LogP contribution in [0, 0.1) is 0 Å². The molecule has 1 rings (SSSR count). The molecule has 1 aromatic heterocycles. The number of carbonyl (C=O) groups is 2. The lowest BCUT2D eigenvalue weighted by molar-refractivity contribution is -0.135. The molecule has 0 fully saturated rings. The van der Waals surface area contributed by atoms with Gasteiger partial charge in [-0.1, -0.05) is 0 Å². The first-order valence-electron chi connectivity index (χ1n) is 2.83. The maximum absolute atomic E-state index is 10.8. The molecule has 5 nitrogen and oxygen atoms in total. The first-order valence-corrected chi connectivity index (χ1v) is 2.83. The molecule has 0 bridgehead atoms. The lowest BCUT2D eigenvalue weighted by Gasteiger charge is -1.87. The van der Waals surface area contributed by atoms with Gasteiger partial charge < -0.3 is 9.52 Å². The summed E-state index contributed by atoms with van der Waals surface area (Å²) in [4.78, 5) is 24.3. The summed E-state index contributed by atoms with van der Waals surface area (Å²) in [6.07, 6.45) is 1.65. The summed E-state index contributed by atoms with van der Waals surface area (Å²) in [7, 11) is 0. The molecule has 0 saturated carbocycles. The van der Waals surface area contributed by atoms with Crippen molar-refractivity contribution in [2.24, 2.45) is 0 Å². The van der Waals surface area contributed by atoms with Gasteiger partial charge in [0.25, 0.3) is 0 Å². The predicted octanol–water partition coefficient (Wildman–Crippen LogP) is 0.332. The molecule has 58 valence electrons. The number of ketones is 1. The summed E-state index contributed by atoms with van der Waals surface area (Å²) in [6.45, 7) is 0. The number of aliphatic carboxylic acids is 1. The third-order valence-corrected chi connectivity index (χ3v) is 1.03. The zero-order valence-corrected chi connectivity index (χ0v) is 5.48. The highest BCUT2D eigenvalue weighted by Gasteiger charge is 2.12. The fourth-order valence-corrected chi connectivity index (χ4v) is 0.578.